The first kappa shape index (κ1) is 19.7. The highest BCUT2D eigenvalue weighted by Gasteiger charge is 2.54. The number of nitrogens with one attached hydrogen (secondary N) is 1. The summed E-state index contributed by atoms with van der Waals surface area (Å²) in [4.78, 5) is 21.4. The van der Waals surface area contributed by atoms with Crippen LogP contribution >= 0.6 is 0 Å². The lowest BCUT2D eigenvalue weighted by Crippen LogP contribution is -2.41. The van der Waals surface area contributed by atoms with Gasteiger partial charge in [-0.1, -0.05) is 20.8 Å². The Kier molecular flexibility index (Phi) is 5.19. The fraction of sp³-hybridized carbons (Fsp3) is 0.818. The predicted octanol–water partition coefficient (Wildman–Crippen LogP) is 2.81. The molecule has 3 aliphatic heterocycles. The van der Waals surface area contributed by atoms with Crippen LogP contribution in [-0.2, 0) is 0 Å². The number of carbonyl (C=O) groups excluding carboxylic acids is 1. The van der Waals surface area contributed by atoms with Crippen LogP contribution in [0.4, 0.5) is 4.79 Å². The maximum atomic E-state index is 12.6. The SMILES string of the molecule is CC(C)(C)CCN1CCC2(CC1)CC2CNC(=O)N1CC2=CN=C(N)CC2C1. The number of hydrogen-bond acceptors (Lipinski definition) is 4. The van der Waals surface area contributed by atoms with Crippen LogP contribution in [0.2, 0.25) is 0 Å². The normalized spacial score (nSPS) is 29.3. The van der Waals surface area contributed by atoms with E-state index in [4.69, 9.17) is 5.73 Å². The van der Waals surface area contributed by atoms with Gasteiger partial charge in [0.2, 0.25) is 0 Å². The van der Waals surface area contributed by atoms with Crippen LogP contribution in [0.5, 0.6) is 0 Å². The van der Waals surface area contributed by atoms with Gasteiger partial charge in [-0.2, -0.15) is 0 Å². The minimum absolute atomic E-state index is 0.0820. The van der Waals surface area contributed by atoms with Gasteiger partial charge in [-0.05, 0) is 67.6 Å². The molecule has 1 saturated carbocycles. The molecule has 3 N–H and O–H groups in total. The number of aliphatic imine (C=N–C) groups is 1. The largest absolute Gasteiger partial charge is 0.387 e. The molecule has 2 amide bonds. The number of amides is 2. The third-order valence-corrected chi connectivity index (χ3v) is 7.37. The van der Waals surface area contributed by atoms with Crippen molar-refractivity contribution in [3.05, 3.63) is 11.8 Å². The van der Waals surface area contributed by atoms with Crippen molar-refractivity contribution in [3.8, 4) is 0 Å². The van der Waals surface area contributed by atoms with Gasteiger partial charge in [0.15, 0.2) is 0 Å². The zero-order chi connectivity index (χ0) is 19.9. The third-order valence-electron chi connectivity index (χ3n) is 7.37. The molecule has 0 bridgehead atoms. The first-order valence-electron chi connectivity index (χ1n) is 11.0. The maximum Gasteiger partial charge on any atom is 0.317 e. The van der Waals surface area contributed by atoms with E-state index >= 15 is 0 Å². The number of piperidine rings is 1. The molecule has 28 heavy (non-hydrogen) atoms. The standard InChI is InChI=1S/C22H37N5O/c1-21(2,3)4-7-26-8-5-22(6-9-26)11-18(22)13-25-20(28)27-14-16-10-19(23)24-12-17(16)15-27/h12,16,18H,4-11,13-15H2,1-3H3,(H2,23,24)(H,25,28). The molecule has 6 nitrogen and oxygen atoms in total. The van der Waals surface area contributed by atoms with Crippen molar-refractivity contribution in [1.29, 1.82) is 0 Å². The fourth-order valence-electron chi connectivity index (χ4n) is 5.14. The summed E-state index contributed by atoms with van der Waals surface area (Å²) in [5.41, 5.74) is 8.00. The predicted molar refractivity (Wildman–Crippen MR) is 113 cm³/mol. The minimum atomic E-state index is 0.0820. The number of fused-ring (bicyclic) bond motifs is 1. The highest BCUT2D eigenvalue weighted by Crippen LogP contribution is 2.59. The van der Waals surface area contributed by atoms with E-state index < -0.39 is 0 Å². The number of nitrogens with two attached hydrogens (primary N) is 1. The van der Waals surface area contributed by atoms with Crippen LogP contribution in [0, 0.1) is 22.7 Å². The van der Waals surface area contributed by atoms with Crippen LogP contribution in [0.3, 0.4) is 0 Å². The number of likely N-dealkylation sites (tertiary alicyclic amines) is 2. The van der Waals surface area contributed by atoms with E-state index in [0.29, 0.717) is 35.0 Å². The van der Waals surface area contributed by atoms with Gasteiger partial charge in [0.05, 0.1) is 5.84 Å². The Morgan fingerprint density at radius 1 is 1.36 bits per heavy atom. The molecule has 6 heteroatoms. The van der Waals surface area contributed by atoms with Crippen molar-refractivity contribution in [2.45, 2.75) is 52.9 Å². The molecule has 2 unspecified atom stereocenters. The van der Waals surface area contributed by atoms with Crippen molar-refractivity contribution in [1.82, 2.24) is 15.1 Å². The average molecular weight is 388 g/mol. The summed E-state index contributed by atoms with van der Waals surface area (Å²) in [7, 11) is 0. The van der Waals surface area contributed by atoms with Gasteiger partial charge in [0, 0.05) is 38.2 Å². The van der Waals surface area contributed by atoms with Crippen LogP contribution in [0.15, 0.2) is 16.8 Å². The number of rotatable bonds is 4. The quantitative estimate of drug-likeness (QED) is 0.779. The molecule has 0 aromatic rings. The second-order valence-electron chi connectivity index (χ2n) is 10.7. The highest BCUT2D eigenvalue weighted by molar-refractivity contribution is 5.83. The number of amidine groups is 1. The van der Waals surface area contributed by atoms with E-state index in [1.165, 1.54) is 50.9 Å². The summed E-state index contributed by atoms with van der Waals surface area (Å²) < 4.78 is 0. The lowest BCUT2D eigenvalue weighted by atomic mass is 9.88. The summed E-state index contributed by atoms with van der Waals surface area (Å²) in [6.45, 7) is 13.0. The molecule has 3 fully saturated rings. The molecule has 4 rings (SSSR count). The topological polar surface area (TPSA) is 74.0 Å². The van der Waals surface area contributed by atoms with Crippen molar-refractivity contribution >= 4 is 11.9 Å². The number of nitrogens with zero attached hydrogens (tertiary/aromatic N) is 3. The van der Waals surface area contributed by atoms with Crippen LogP contribution < -0.4 is 11.1 Å². The van der Waals surface area contributed by atoms with E-state index in [1.807, 2.05) is 11.1 Å². The van der Waals surface area contributed by atoms with Crippen LogP contribution in [0.25, 0.3) is 0 Å². The summed E-state index contributed by atoms with van der Waals surface area (Å²) in [6, 6.07) is 0.0820. The molecule has 0 aromatic heterocycles. The van der Waals surface area contributed by atoms with E-state index in [2.05, 4.69) is 36.0 Å². The van der Waals surface area contributed by atoms with Crippen LogP contribution in [0.1, 0.15) is 52.9 Å². The zero-order valence-corrected chi connectivity index (χ0v) is 17.8. The van der Waals surface area contributed by atoms with Crippen molar-refractivity contribution in [2.75, 3.05) is 39.3 Å². The van der Waals surface area contributed by atoms with E-state index in [1.54, 1.807) is 0 Å². The molecular formula is C22H37N5O. The Morgan fingerprint density at radius 2 is 2.11 bits per heavy atom. The minimum Gasteiger partial charge on any atom is -0.387 e. The average Bonchev–Trinajstić information content (AvgIpc) is 3.12. The Morgan fingerprint density at radius 3 is 2.82 bits per heavy atom. The lowest BCUT2D eigenvalue weighted by molar-refractivity contribution is 0.145. The highest BCUT2D eigenvalue weighted by atomic mass is 16.2. The molecule has 0 aromatic carbocycles. The van der Waals surface area contributed by atoms with Crippen molar-refractivity contribution < 1.29 is 4.79 Å². The molecular weight excluding hydrogens is 350 g/mol. The van der Waals surface area contributed by atoms with Gasteiger partial charge in [-0.15, -0.1) is 0 Å². The van der Waals surface area contributed by atoms with Gasteiger partial charge >= 0.3 is 6.03 Å². The third kappa shape index (κ3) is 4.37. The summed E-state index contributed by atoms with van der Waals surface area (Å²) >= 11 is 0. The molecule has 0 radical (unpaired) electrons. The molecule has 1 spiro atoms. The smallest absolute Gasteiger partial charge is 0.317 e. The number of carbonyl (C=O) groups is 1. The Balaban J connectivity index is 1.17. The summed E-state index contributed by atoms with van der Waals surface area (Å²) in [5.74, 6) is 1.72. The zero-order valence-electron chi connectivity index (χ0n) is 17.8. The monoisotopic (exact) mass is 387 g/mol. The fourth-order valence-corrected chi connectivity index (χ4v) is 5.14. The first-order valence-corrected chi connectivity index (χ1v) is 11.0. The Labute approximate surface area is 169 Å². The molecule has 2 saturated heterocycles. The van der Waals surface area contributed by atoms with Gasteiger partial charge in [-0.3, -0.25) is 0 Å². The Hall–Kier alpha value is -1.56. The molecule has 3 heterocycles. The van der Waals surface area contributed by atoms with E-state index in [9.17, 15) is 4.79 Å². The van der Waals surface area contributed by atoms with Gasteiger partial charge < -0.3 is 20.9 Å². The lowest BCUT2D eigenvalue weighted by Gasteiger charge is -2.34. The van der Waals surface area contributed by atoms with Crippen molar-refractivity contribution in [3.63, 3.8) is 0 Å². The molecule has 4 aliphatic rings. The Bertz CT molecular complexity index is 669. The second kappa shape index (κ2) is 7.36. The van der Waals surface area contributed by atoms with Crippen molar-refractivity contribution in [2.24, 2.45) is 33.4 Å². The molecule has 2 atom stereocenters. The first-order chi connectivity index (χ1) is 13.2. The van der Waals surface area contributed by atoms with Gasteiger partial charge in [0.25, 0.3) is 0 Å². The maximum absolute atomic E-state index is 12.6. The van der Waals surface area contributed by atoms with Crippen LogP contribution in [-0.4, -0.2) is 60.9 Å². The van der Waals surface area contributed by atoms with Gasteiger partial charge in [0.1, 0.15) is 0 Å². The number of hydrogen-bond donors (Lipinski definition) is 2. The molecule has 156 valence electrons. The van der Waals surface area contributed by atoms with E-state index in [0.717, 1.165) is 19.5 Å². The second-order valence-corrected chi connectivity index (χ2v) is 10.7. The van der Waals surface area contributed by atoms with E-state index in [-0.39, 0.29) is 6.03 Å². The molecule has 1 aliphatic carbocycles. The summed E-state index contributed by atoms with van der Waals surface area (Å²) in [6.07, 6.45) is 7.80. The summed E-state index contributed by atoms with van der Waals surface area (Å²) in [5, 5.41) is 3.21. The van der Waals surface area contributed by atoms with Gasteiger partial charge in [-0.25, -0.2) is 9.79 Å². The number of urea groups is 1.